The van der Waals surface area contributed by atoms with E-state index in [1.807, 2.05) is 12.1 Å². The molecule has 0 spiro atoms. The van der Waals surface area contributed by atoms with E-state index >= 15 is 0 Å². The van der Waals surface area contributed by atoms with Gasteiger partial charge >= 0.3 is 0 Å². The Morgan fingerprint density at radius 3 is 2.42 bits per heavy atom. The smallest absolute Gasteiger partial charge is 0.0661 e. The van der Waals surface area contributed by atoms with Gasteiger partial charge in [0.1, 0.15) is 0 Å². The number of thiophene rings is 1. The van der Waals surface area contributed by atoms with Gasteiger partial charge in [-0.2, -0.15) is 11.3 Å². The third-order valence-electron chi connectivity index (χ3n) is 3.35. The quantitative estimate of drug-likeness (QED) is 0.472. The van der Waals surface area contributed by atoms with Crippen molar-refractivity contribution in [2.75, 3.05) is 0 Å². The molecule has 0 bridgehead atoms. The Balaban J connectivity index is 2.21. The normalized spacial score (nSPS) is 12.8. The first-order chi connectivity index (χ1) is 9.18. The molecule has 0 aliphatic heterocycles. The van der Waals surface area contributed by atoms with Crippen LogP contribution in [0.25, 0.3) is 10.8 Å². The third kappa shape index (κ3) is 2.33. The molecule has 0 radical (unpaired) electrons. The first-order valence-electron chi connectivity index (χ1n) is 6.02. The average molecular weight is 352 g/mol. The lowest BCUT2D eigenvalue weighted by atomic mass is 9.98. The Morgan fingerprint density at radius 1 is 1.00 bits per heavy atom. The topological polar surface area (TPSA) is 0 Å². The standard InChI is InChI=1S/C16H12BrClS/c1-10-8-19-9-14(10)16(17)13-6-7-15(18)12-5-3-2-4-11(12)13/h2-9,16H,1H3. The number of fused-ring (bicyclic) bond motifs is 1. The van der Waals surface area contributed by atoms with E-state index in [0.29, 0.717) is 0 Å². The van der Waals surface area contributed by atoms with Crippen LogP contribution in [0.15, 0.2) is 47.2 Å². The predicted octanol–water partition coefficient (Wildman–Crippen LogP) is 6.35. The van der Waals surface area contributed by atoms with E-state index in [1.165, 1.54) is 22.1 Å². The van der Waals surface area contributed by atoms with Crippen molar-refractivity contribution in [2.24, 2.45) is 0 Å². The molecule has 2 aromatic carbocycles. The minimum Gasteiger partial charge on any atom is -0.152 e. The van der Waals surface area contributed by atoms with Crippen molar-refractivity contribution in [3.8, 4) is 0 Å². The van der Waals surface area contributed by atoms with Gasteiger partial charge in [-0.1, -0.05) is 57.9 Å². The summed E-state index contributed by atoms with van der Waals surface area (Å²) < 4.78 is 0. The van der Waals surface area contributed by atoms with Crippen LogP contribution in [0, 0.1) is 6.92 Å². The summed E-state index contributed by atoms with van der Waals surface area (Å²) in [5.74, 6) is 0. The van der Waals surface area contributed by atoms with Crippen molar-refractivity contribution in [2.45, 2.75) is 11.8 Å². The molecule has 0 aliphatic carbocycles. The van der Waals surface area contributed by atoms with Gasteiger partial charge in [0.25, 0.3) is 0 Å². The van der Waals surface area contributed by atoms with Crippen LogP contribution in [0.2, 0.25) is 5.02 Å². The predicted molar refractivity (Wildman–Crippen MR) is 88.8 cm³/mol. The lowest BCUT2D eigenvalue weighted by molar-refractivity contribution is 1.18. The van der Waals surface area contributed by atoms with Crippen LogP contribution in [0.1, 0.15) is 21.5 Å². The maximum absolute atomic E-state index is 6.28. The van der Waals surface area contributed by atoms with Gasteiger partial charge in [0, 0.05) is 10.4 Å². The Kier molecular flexibility index (Phi) is 3.66. The van der Waals surface area contributed by atoms with Crippen LogP contribution in [0.3, 0.4) is 0 Å². The summed E-state index contributed by atoms with van der Waals surface area (Å²) in [6, 6.07) is 12.4. The second kappa shape index (κ2) is 5.28. The zero-order chi connectivity index (χ0) is 13.4. The fourth-order valence-corrected chi connectivity index (χ4v) is 4.48. The van der Waals surface area contributed by atoms with E-state index in [-0.39, 0.29) is 4.83 Å². The second-order valence-electron chi connectivity index (χ2n) is 4.55. The van der Waals surface area contributed by atoms with Gasteiger partial charge in [-0.05, 0) is 45.8 Å². The molecule has 3 heteroatoms. The van der Waals surface area contributed by atoms with Gasteiger partial charge in [0.05, 0.1) is 4.83 Å². The van der Waals surface area contributed by atoms with Crippen molar-refractivity contribution in [3.63, 3.8) is 0 Å². The fraction of sp³-hybridized carbons (Fsp3) is 0.125. The largest absolute Gasteiger partial charge is 0.152 e. The van der Waals surface area contributed by atoms with Gasteiger partial charge in [-0.25, -0.2) is 0 Å². The van der Waals surface area contributed by atoms with E-state index in [9.17, 15) is 0 Å². The summed E-state index contributed by atoms with van der Waals surface area (Å²) in [4.78, 5) is 0.209. The molecule has 3 aromatic rings. The molecule has 0 fully saturated rings. The molecule has 0 saturated heterocycles. The summed E-state index contributed by atoms with van der Waals surface area (Å²) in [5.41, 5.74) is 3.92. The van der Waals surface area contributed by atoms with E-state index in [2.05, 4.69) is 57.9 Å². The number of alkyl halides is 1. The van der Waals surface area contributed by atoms with Gasteiger partial charge in [-0.3, -0.25) is 0 Å². The van der Waals surface area contributed by atoms with E-state index in [1.54, 1.807) is 11.3 Å². The molecule has 0 nitrogen and oxygen atoms in total. The van der Waals surface area contributed by atoms with Gasteiger partial charge < -0.3 is 0 Å². The zero-order valence-corrected chi connectivity index (χ0v) is 13.5. The van der Waals surface area contributed by atoms with E-state index < -0.39 is 0 Å². The minimum atomic E-state index is 0.209. The lowest BCUT2D eigenvalue weighted by Crippen LogP contribution is -1.94. The molecule has 0 aliphatic rings. The summed E-state index contributed by atoms with van der Waals surface area (Å²) >= 11 is 11.9. The van der Waals surface area contributed by atoms with Gasteiger partial charge in [0.2, 0.25) is 0 Å². The van der Waals surface area contributed by atoms with Crippen molar-refractivity contribution in [3.05, 3.63) is 68.9 Å². The number of hydrogen-bond donors (Lipinski definition) is 0. The highest BCUT2D eigenvalue weighted by Crippen LogP contribution is 2.39. The fourth-order valence-electron chi connectivity index (χ4n) is 2.30. The molecule has 1 unspecified atom stereocenters. The van der Waals surface area contributed by atoms with Crippen LogP contribution in [0.4, 0.5) is 0 Å². The maximum atomic E-state index is 6.28. The van der Waals surface area contributed by atoms with Crippen LogP contribution in [0.5, 0.6) is 0 Å². The molecule has 1 atom stereocenters. The second-order valence-corrected chi connectivity index (χ2v) is 6.62. The highest BCUT2D eigenvalue weighted by molar-refractivity contribution is 9.09. The third-order valence-corrected chi connectivity index (χ3v) is 5.54. The van der Waals surface area contributed by atoms with E-state index in [4.69, 9.17) is 11.6 Å². The monoisotopic (exact) mass is 350 g/mol. The Hall–Kier alpha value is -0.830. The summed E-state index contributed by atoms with van der Waals surface area (Å²) in [5, 5.41) is 7.52. The summed E-state index contributed by atoms with van der Waals surface area (Å²) in [7, 11) is 0. The molecule has 19 heavy (non-hydrogen) atoms. The van der Waals surface area contributed by atoms with Gasteiger partial charge in [0.15, 0.2) is 0 Å². The number of halogens is 2. The van der Waals surface area contributed by atoms with E-state index in [0.717, 1.165) is 10.4 Å². The van der Waals surface area contributed by atoms with Crippen molar-refractivity contribution >= 4 is 49.6 Å². The molecule has 0 N–H and O–H groups in total. The number of hydrogen-bond acceptors (Lipinski definition) is 1. The molecule has 0 saturated carbocycles. The number of benzene rings is 2. The molecular formula is C16H12BrClS. The molecule has 1 aromatic heterocycles. The lowest BCUT2D eigenvalue weighted by Gasteiger charge is -2.14. The first-order valence-corrected chi connectivity index (χ1v) is 8.26. The van der Waals surface area contributed by atoms with Crippen LogP contribution >= 0.6 is 38.9 Å². The maximum Gasteiger partial charge on any atom is 0.0661 e. The molecule has 96 valence electrons. The molecule has 0 amide bonds. The van der Waals surface area contributed by atoms with Gasteiger partial charge in [-0.15, -0.1) is 0 Å². The average Bonchev–Trinajstić information content (AvgIpc) is 2.85. The van der Waals surface area contributed by atoms with Crippen molar-refractivity contribution < 1.29 is 0 Å². The molecular weight excluding hydrogens is 340 g/mol. The zero-order valence-electron chi connectivity index (χ0n) is 10.4. The minimum absolute atomic E-state index is 0.209. The van der Waals surface area contributed by atoms with Crippen molar-refractivity contribution in [1.82, 2.24) is 0 Å². The highest BCUT2D eigenvalue weighted by atomic mass is 79.9. The van der Waals surface area contributed by atoms with Crippen LogP contribution < -0.4 is 0 Å². The summed E-state index contributed by atoms with van der Waals surface area (Å²) in [6.45, 7) is 2.15. The Morgan fingerprint density at radius 2 is 1.74 bits per heavy atom. The molecule has 1 heterocycles. The molecule has 3 rings (SSSR count). The number of rotatable bonds is 2. The van der Waals surface area contributed by atoms with Crippen LogP contribution in [-0.2, 0) is 0 Å². The number of aryl methyl sites for hydroxylation is 1. The highest BCUT2D eigenvalue weighted by Gasteiger charge is 2.16. The first kappa shape index (κ1) is 13.2. The summed E-state index contributed by atoms with van der Waals surface area (Å²) in [6.07, 6.45) is 0. The van der Waals surface area contributed by atoms with Crippen molar-refractivity contribution in [1.29, 1.82) is 0 Å². The SMILES string of the molecule is Cc1cscc1C(Br)c1ccc(Cl)c2ccccc12. The van der Waals surface area contributed by atoms with Crippen LogP contribution in [-0.4, -0.2) is 0 Å². The Bertz CT molecular complexity index is 732. The Labute approximate surface area is 130 Å².